The molecule has 2 fully saturated rings. The molecule has 0 aliphatic carbocycles. The van der Waals surface area contributed by atoms with Crippen molar-refractivity contribution in [3.63, 3.8) is 0 Å². The number of carbonyl (C=O) groups is 2. The Morgan fingerprint density at radius 3 is 2.37 bits per heavy atom. The second-order valence-corrected chi connectivity index (χ2v) is 9.21. The van der Waals surface area contributed by atoms with Gasteiger partial charge in [-0.2, -0.15) is 0 Å². The van der Waals surface area contributed by atoms with Crippen LogP contribution in [0.4, 0.5) is 8.78 Å². The zero-order valence-electron chi connectivity index (χ0n) is 16.3. The van der Waals surface area contributed by atoms with E-state index in [-0.39, 0.29) is 36.8 Å². The number of carbonyl (C=O) groups excluding carboxylic acids is 2. The number of hydrogen-bond donors (Lipinski definition) is 1. The molecule has 0 radical (unpaired) electrons. The molecule has 1 aromatic carbocycles. The summed E-state index contributed by atoms with van der Waals surface area (Å²) in [5, 5.41) is 0. The first kappa shape index (κ1) is 24.3. The summed E-state index contributed by atoms with van der Waals surface area (Å²) in [5.74, 6) is -3.15. The number of rotatable bonds is 5. The summed E-state index contributed by atoms with van der Waals surface area (Å²) in [5.41, 5.74) is 5.37. The minimum absolute atomic E-state index is 0. The third-order valence-corrected chi connectivity index (χ3v) is 6.39. The predicted molar refractivity (Wildman–Crippen MR) is 106 cm³/mol. The van der Waals surface area contributed by atoms with Crippen molar-refractivity contribution >= 4 is 34.1 Å². The third-order valence-electron chi connectivity index (χ3n) is 5.28. The van der Waals surface area contributed by atoms with Gasteiger partial charge >= 0.3 is 0 Å². The molecule has 1 aromatic rings. The largest absolute Gasteiger partial charge is 0.477 e. The summed E-state index contributed by atoms with van der Waals surface area (Å²) in [6.45, 7) is 1.36. The van der Waals surface area contributed by atoms with Crippen molar-refractivity contribution < 1.29 is 31.5 Å². The van der Waals surface area contributed by atoms with Gasteiger partial charge in [0, 0.05) is 44.4 Å². The smallest absolute Gasteiger partial charge is 0.263 e. The first-order chi connectivity index (χ1) is 13.6. The molecule has 3 rings (SSSR count). The van der Waals surface area contributed by atoms with Crippen molar-refractivity contribution in [1.29, 1.82) is 0 Å². The van der Waals surface area contributed by atoms with E-state index in [1.807, 2.05) is 0 Å². The Bertz CT molecular complexity index is 923. The fraction of sp³-hybridized carbons (Fsp3) is 0.556. The molecule has 2 aliphatic rings. The van der Waals surface area contributed by atoms with Gasteiger partial charge in [0.1, 0.15) is 10.7 Å². The summed E-state index contributed by atoms with van der Waals surface area (Å²) < 4.78 is 56.6. The Balaban J connectivity index is 0.00000320. The zero-order chi connectivity index (χ0) is 21.3. The van der Waals surface area contributed by atoms with E-state index in [0.717, 1.165) is 6.26 Å². The van der Waals surface area contributed by atoms with Crippen molar-refractivity contribution in [2.45, 2.75) is 36.3 Å². The predicted octanol–water partition coefficient (Wildman–Crippen LogP) is 0.719. The van der Waals surface area contributed by atoms with E-state index in [2.05, 4.69) is 0 Å². The molecule has 0 spiro atoms. The molecule has 12 heteroatoms. The van der Waals surface area contributed by atoms with E-state index in [1.54, 1.807) is 9.80 Å². The summed E-state index contributed by atoms with van der Waals surface area (Å²) >= 11 is 0. The fourth-order valence-electron chi connectivity index (χ4n) is 3.74. The van der Waals surface area contributed by atoms with Crippen LogP contribution in [0.2, 0.25) is 0 Å². The molecule has 168 valence electrons. The lowest BCUT2D eigenvalue weighted by atomic mass is 10.0. The highest BCUT2D eigenvalue weighted by atomic mass is 35.5. The molecule has 2 heterocycles. The first-order valence-corrected chi connectivity index (χ1v) is 11.1. The Labute approximate surface area is 179 Å². The maximum atomic E-state index is 14.2. The number of hydrogen-bond acceptors (Lipinski definition) is 6. The van der Waals surface area contributed by atoms with Gasteiger partial charge in [0.15, 0.2) is 27.5 Å². The Kier molecular flexibility index (Phi) is 7.64. The van der Waals surface area contributed by atoms with E-state index in [9.17, 15) is 26.8 Å². The van der Waals surface area contributed by atoms with Gasteiger partial charge in [0.25, 0.3) is 5.91 Å². The molecule has 2 N–H and O–H groups in total. The van der Waals surface area contributed by atoms with Crippen LogP contribution in [0.15, 0.2) is 17.0 Å². The monoisotopic (exact) mass is 467 g/mol. The SMILES string of the molecule is CS(=O)(=O)c1cc(F)c(O[C@H]2CCN(C3CCN(C(=O)CN)CC3)C2=O)cc1F.Cl. The highest BCUT2D eigenvalue weighted by Gasteiger charge is 2.39. The lowest BCUT2D eigenvalue weighted by Gasteiger charge is -2.36. The van der Waals surface area contributed by atoms with Gasteiger partial charge in [0.2, 0.25) is 5.91 Å². The van der Waals surface area contributed by atoms with Crippen molar-refractivity contribution in [3.8, 4) is 5.75 Å². The standard InChI is InChI=1S/C18H23F2N3O5S.ClH/c1-29(26,27)16-9-12(19)15(8-13(16)20)28-14-4-7-23(18(14)25)11-2-5-22(6-3-11)17(24)10-21;/h8-9,11,14H,2-7,10,21H2,1H3;1H/t14-;/m0./s1. The Morgan fingerprint density at radius 1 is 1.17 bits per heavy atom. The maximum absolute atomic E-state index is 14.2. The second kappa shape index (κ2) is 9.44. The topological polar surface area (TPSA) is 110 Å². The number of benzene rings is 1. The van der Waals surface area contributed by atoms with Crippen molar-refractivity contribution in [3.05, 3.63) is 23.8 Å². The minimum Gasteiger partial charge on any atom is -0.477 e. The van der Waals surface area contributed by atoms with Gasteiger partial charge < -0.3 is 20.3 Å². The average molecular weight is 468 g/mol. The van der Waals surface area contributed by atoms with Crippen LogP contribution in [0.1, 0.15) is 19.3 Å². The molecule has 0 aromatic heterocycles. The number of nitrogens with zero attached hydrogens (tertiary/aromatic N) is 2. The highest BCUT2D eigenvalue weighted by Crippen LogP contribution is 2.29. The number of piperidine rings is 1. The van der Waals surface area contributed by atoms with E-state index in [1.165, 1.54) is 0 Å². The molecule has 0 bridgehead atoms. The number of halogens is 3. The van der Waals surface area contributed by atoms with Gasteiger partial charge in [0.05, 0.1) is 6.54 Å². The summed E-state index contributed by atoms with van der Waals surface area (Å²) in [6, 6.07) is 1.15. The lowest BCUT2D eigenvalue weighted by molar-refractivity contribution is -0.137. The van der Waals surface area contributed by atoms with Crippen molar-refractivity contribution in [2.75, 3.05) is 32.4 Å². The summed E-state index contributed by atoms with van der Waals surface area (Å²) in [4.78, 5) is 26.9. The summed E-state index contributed by atoms with van der Waals surface area (Å²) in [7, 11) is -3.93. The first-order valence-electron chi connectivity index (χ1n) is 9.26. The number of ether oxygens (including phenoxy) is 1. The van der Waals surface area contributed by atoms with E-state index in [0.29, 0.717) is 51.0 Å². The molecular formula is C18H24ClF2N3O5S. The van der Waals surface area contributed by atoms with Crippen LogP contribution in [-0.4, -0.2) is 74.6 Å². The van der Waals surface area contributed by atoms with Crippen LogP contribution in [0, 0.1) is 11.6 Å². The average Bonchev–Trinajstić information content (AvgIpc) is 3.03. The van der Waals surface area contributed by atoms with Crippen LogP contribution in [0.5, 0.6) is 5.75 Å². The number of sulfone groups is 1. The normalized spacial score (nSPS) is 20.3. The van der Waals surface area contributed by atoms with Gasteiger partial charge in [-0.1, -0.05) is 0 Å². The van der Waals surface area contributed by atoms with Crippen LogP contribution >= 0.6 is 12.4 Å². The molecule has 8 nitrogen and oxygen atoms in total. The van der Waals surface area contributed by atoms with Gasteiger partial charge in [-0.15, -0.1) is 12.4 Å². The van der Waals surface area contributed by atoms with Crippen molar-refractivity contribution in [2.24, 2.45) is 5.73 Å². The quantitative estimate of drug-likeness (QED) is 0.683. The van der Waals surface area contributed by atoms with E-state index < -0.39 is 38.2 Å². The molecule has 0 unspecified atom stereocenters. The number of nitrogens with two attached hydrogens (primary N) is 1. The van der Waals surface area contributed by atoms with Crippen LogP contribution in [0.3, 0.4) is 0 Å². The van der Waals surface area contributed by atoms with E-state index >= 15 is 0 Å². The molecule has 1 atom stereocenters. The van der Waals surface area contributed by atoms with E-state index in [4.69, 9.17) is 10.5 Å². The minimum atomic E-state index is -3.93. The third kappa shape index (κ3) is 5.01. The second-order valence-electron chi connectivity index (χ2n) is 7.23. The van der Waals surface area contributed by atoms with Crippen LogP contribution < -0.4 is 10.5 Å². The Hall–Kier alpha value is -1.98. The van der Waals surface area contributed by atoms with Gasteiger partial charge in [-0.25, -0.2) is 17.2 Å². The molecule has 2 amide bonds. The highest BCUT2D eigenvalue weighted by molar-refractivity contribution is 7.90. The molecule has 2 saturated heterocycles. The number of amides is 2. The van der Waals surface area contributed by atoms with Gasteiger partial charge in [-0.3, -0.25) is 9.59 Å². The van der Waals surface area contributed by atoms with Crippen LogP contribution in [-0.2, 0) is 19.4 Å². The molecule has 2 aliphatic heterocycles. The lowest BCUT2D eigenvalue weighted by Crippen LogP contribution is -2.49. The fourth-order valence-corrected chi connectivity index (χ4v) is 4.47. The van der Waals surface area contributed by atoms with Crippen LogP contribution in [0.25, 0.3) is 0 Å². The number of likely N-dealkylation sites (tertiary alicyclic amines) is 2. The Morgan fingerprint density at radius 2 is 1.80 bits per heavy atom. The molecular weight excluding hydrogens is 444 g/mol. The molecule has 0 saturated carbocycles. The maximum Gasteiger partial charge on any atom is 0.263 e. The van der Waals surface area contributed by atoms with Gasteiger partial charge in [-0.05, 0) is 18.9 Å². The zero-order valence-corrected chi connectivity index (χ0v) is 18.0. The molecule has 30 heavy (non-hydrogen) atoms. The summed E-state index contributed by atoms with van der Waals surface area (Å²) in [6.07, 6.45) is 1.31. The van der Waals surface area contributed by atoms with Crippen molar-refractivity contribution in [1.82, 2.24) is 9.80 Å².